The van der Waals surface area contributed by atoms with Crippen molar-refractivity contribution in [2.24, 2.45) is 0 Å². The third-order valence-corrected chi connectivity index (χ3v) is 4.02. The fraction of sp³-hybridized carbons (Fsp3) is 0. The zero-order valence-electron chi connectivity index (χ0n) is 9.62. The third-order valence-electron chi connectivity index (χ3n) is 2.32. The van der Waals surface area contributed by atoms with Crippen LogP contribution >= 0.6 is 47.8 Å². The Morgan fingerprint density at radius 1 is 1.10 bits per heavy atom. The van der Waals surface area contributed by atoms with Crippen LogP contribution in [0.15, 0.2) is 42.3 Å². The standard InChI is InChI=1S/C12H6Br3NO4/c13-6-2-7(14)10(8(15)3-6)16-11(17)9-1-5(4-20-9)12(18)19/h1-4H,(H,16,17)(H,18,19). The van der Waals surface area contributed by atoms with Crippen LogP contribution in [0.3, 0.4) is 0 Å². The van der Waals surface area contributed by atoms with Crippen molar-refractivity contribution >= 4 is 65.4 Å². The van der Waals surface area contributed by atoms with Crippen molar-refractivity contribution in [1.82, 2.24) is 0 Å². The van der Waals surface area contributed by atoms with E-state index in [0.717, 1.165) is 10.7 Å². The fourth-order valence-corrected chi connectivity index (χ4v) is 3.86. The van der Waals surface area contributed by atoms with E-state index in [1.807, 2.05) is 0 Å². The molecule has 0 aliphatic rings. The van der Waals surface area contributed by atoms with Crippen LogP contribution in [0.5, 0.6) is 0 Å². The number of hydrogen-bond acceptors (Lipinski definition) is 3. The van der Waals surface area contributed by atoms with Gasteiger partial charge in [-0.25, -0.2) is 4.79 Å². The Hall–Kier alpha value is -1.12. The van der Waals surface area contributed by atoms with Gasteiger partial charge in [0.1, 0.15) is 6.26 Å². The van der Waals surface area contributed by atoms with Crippen molar-refractivity contribution in [2.75, 3.05) is 5.32 Å². The van der Waals surface area contributed by atoms with Gasteiger partial charge in [-0.05, 0) is 44.0 Å². The summed E-state index contributed by atoms with van der Waals surface area (Å²) in [7, 11) is 0. The van der Waals surface area contributed by atoms with E-state index in [0.29, 0.717) is 14.6 Å². The predicted octanol–water partition coefficient (Wildman–Crippen LogP) is 4.52. The maximum absolute atomic E-state index is 12.0. The number of nitrogens with one attached hydrogen (secondary N) is 1. The number of amides is 1. The molecule has 1 heterocycles. The molecule has 0 spiro atoms. The Balaban J connectivity index is 2.25. The SMILES string of the molecule is O=C(O)c1coc(C(=O)Nc2c(Br)cc(Br)cc2Br)c1. The molecule has 0 aliphatic heterocycles. The molecule has 1 aromatic heterocycles. The highest BCUT2D eigenvalue weighted by atomic mass is 79.9. The molecule has 20 heavy (non-hydrogen) atoms. The van der Waals surface area contributed by atoms with Gasteiger partial charge < -0.3 is 14.8 Å². The van der Waals surface area contributed by atoms with Crippen LogP contribution in [0.25, 0.3) is 0 Å². The Morgan fingerprint density at radius 3 is 2.20 bits per heavy atom. The molecular formula is C12H6Br3NO4. The van der Waals surface area contributed by atoms with Crippen LogP contribution in [0, 0.1) is 0 Å². The summed E-state index contributed by atoms with van der Waals surface area (Å²) in [6.45, 7) is 0. The minimum absolute atomic E-state index is 0.0795. The quantitative estimate of drug-likeness (QED) is 0.695. The molecule has 0 bridgehead atoms. The summed E-state index contributed by atoms with van der Waals surface area (Å²) in [5, 5.41) is 11.4. The molecule has 0 atom stereocenters. The monoisotopic (exact) mass is 465 g/mol. The first-order valence-corrected chi connectivity index (χ1v) is 7.54. The van der Waals surface area contributed by atoms with Gasteiger partial charge in [-0.1, -0.05) is 15.9 Å². The van der Waals surface area contributed by atoms with E-state index < -0.39 is 11.9 Å². The largest absolute Gasteiger partial charge is 0.478 e. The number of hydrogen-bond donors (Lipinski definition) is 2. The molecule has 0 saturated heterocycles. The number of anilines is 1. The van der Waals surface area contributed by atoms with Gasteiger partial charge >= 0.3 is 5.97 Å². The molecule has 0 saturated carbocycles. The van der Waals surface area contributed by atoms with Crippen LogP contribution in [0.4, 0.5) is 5.69 Å². The number of furan rings is 1. The zero-order valence-corrected chi connectivity index (χ0v) is 14.4. The average Bonchev–Trinajstić information content (AvgIpc) is 2.83. The number of carbonyl (C=O) groups excluding carboxylic acids is 1. The molecule has 1 amide bonds. The van der Waals surface area contributed by atoms with E-state index in [1.54, 1.807) is 12.1 Å². The van der Waals surface area contributed by atoms with Crippen molar-refractivity contribution in [3.63, 3.8) is 0 Å². The van der Waals surface area contributed by atoms with Gasteiger partial charge in [0.2, 0.25) is 0 Å². The van der Waals surface area contributed by atoms with Crippen molar-refractivity contribution in [2.45, 2.75) is 0 Å². The zero-order chi connectivity index (χ0) is 14.9. The van der Waals surface area contributed by atoms with Crippen molar-refractivity contribution in [1.29, 1.82) is 0 Å². The molecule has 104 valence electrons. The van der Waals surface area contributed by atoms with E-state index in [-0.39, 0.29) is 11.3 Å². The van der Waals surface area contributed by atoms with Crippen molar-refractivity contribution in [3.8, 4) is 0 Å². The van der Waals surface area contributed by atoms with Gasteiger partial charge in [0.15, 0.2) is 5.76 Å². The Labute approximate surface area is 138 Å². The number of carboxylic acid groups (broad SMARTS) is 1. The smallest absolute Gasteiger partial charge is 0.338 e. The second-order valence-corrected chi connectivity index (χ2v) is 6.33. The lowest BCUT2D eigenvalue weighted by atomic mass is 10.3. The van der Waals surface area contributed by atoms with Crippen molar-refractivity contribution < 1.29 is 19.1 Å². The number of rotatable bonds is 3. The summed E-state index contributed by atoms with van der Waals surface area (Å²) in [6.07, 6.45) is 1.02. The second-order valence-electron chi connectivity index (χ2n) is 3.70. The number of carboxylic acids is 1. The van der Waals surface area contributed by atoms with Gasteiger partial charge in [-0.2, -0.15) is 0 Å². The lowest BCUT2D eigenvalue weighted by Gasteiger charge is -2.09. The summed E-state index contributed by atoms with van der Waals surface area (Å²) in [6, 6.07) is 4.70. The average molecular weight is 468 g/mol. The van der Waals surface area contributed by atoms with Gasteiger partial charge in [0.05, 0.1) is 11.3 Å². The normalized spacial score (nSPS) is 10.3. The third kappa shape index (κ3) is 3.31. The first-order valence-electron chi connectivity index (χ1n) is 5.16. The van der Waals surface area contributed by atoms with E-state index in [2.05, 4.69) is 53.1 Å². The van der Waals surface area contributed by atoms with E-state index in [1.165, 1.54) is 6.07 Å². The number of benzene rings is 1. The Bertz CT molecular complexity index is 673. The molecule has 2 rings (SSSR count). The number of halogens is 3. The first-order chi connectivity index (χ1) is 9.38. The van der Waals surface area contributed by atoms with Gasteiger partial charge in [0, 0.05) is 19.5 Å². The molecule has 1 aromatic carbocycles. The predicted molar refractivity (Wildman–Crippen MR) is 83.2 cm³/mol. The minimum atomic E-state index is -1.15. The van der Waals surface area contributed by atoms with E-state index >= 15 is 0 Å². The molecule has 2 aromatic rings. The Kier molecular flexibility index (Phi) is 4.66. The van der Waals surface area contributed by atoms with Crippen LogP contribution in [-0.4, -0.2) is 17.0 Å². The second kappa shape index (κ2) is 6.11. The van der Waals surface area contributed by atoms with E-state index in [9.17, 15) is 9.59 Å². The van der Waals surface area contributed by atoms with Crippen molar-refractivity contribution in [3.05, 3.63) is 49.2 Å². The summed E-state index contributed by atoms with van der Waals surface area (Å²) in [4.78, 5) is 22.7. The van der Waals surface area contributed by atoms with Gasteiger partial charge in [-0.3, -0.25) is 4.79 Å². The minimum Gasteiger partial charge on any atom is -0.478 e. The maximum atomic E-state index is 12.0. The number of aromatic carboxylic acids is 1. The summed E-state index contributed by atoms with van der Waals surface area (Å²) in [5.74, 6) is -1.77. The Morgan fingerprint density at radius 2 is 1.70 bits per heavy atom. The molecule has 0 unspecified atom stereocenters. The van der Waals surface area contributed by atoms with Crippen LogP contribution < -0.4 is 5.32 Å². The first kappa shape index (κ1) is 15.3. The van der Waals surface area contributed by atoms with Gasteiger partial charge in [-0.15, -0.1) is 0 Å². The highest BCUT2D eigenvalue weighted by Gasteiger charge is 2.17. The molecule has 8 heteroatoms. The molecule has 0 aliphatic carbocycles. The molecule has 5 nitrogen and oxygen atoms in total. The van der Waals surface area contributed by atoms with Crippen LogP contribution in [0.1, 0.15) is 20.9 Å². The lowest BCUT2D eigenvalue weighted by molar-refractivity contribution is 0.0696. The fourth-order valence-electron chi connectivity index (χ4n) is 1.40. The topological polar surface area (TPSA) is 79.5 Å². The number of carbonyl (C=O) groups is 2. The molecule has 2 N–H and O–H groups in total. The highest BCUT2D eigenvalue weighted by Crippen LogP contribution is 2.34. The summed E-state index contributed by atoms with van der Waals surface area (Å²) < 4.78 is 7.09. The molecular weight excluding hydrogens is 462 g/mol. The molecule has 0 radical (unpaired) electrons. The van der Waals surface area contributed by atoms with Gasteiger partial charge in [0.25, 0.3) is 5.91 Å². The lowest BCUT2D eigenvalue weighted by Crippen LogP contribution is -2.12. The highest BCUT2D eigenvalue weighted by molar-refractivity contribution is 9.11. The summed E-state index contributed by atoms with van der Waals surface area (Å²) in [5.41, 5.74) is 0.440. The van der Waals surface area contributed by atoms with Crippen LogP contribution in [-0.2, 0) is 0 Å². The maximum Gasteiger partial charge on any atom is 0.338 e. The van der Waals surface area contributed by atoms with E-state index in [4.69, 9.17) is 9.52 Å². The van der Waals surface area contributed by atoms with Crippen LogP contribution in [0.2, 0.25) is 0 Å². The molecule has 0 fully saturated rings. The summed E-state index contributed by atoms with van der Waals surface area (Å²) >= 11 is 9.98.